The van der Waals surface area contributed by atoms with Crippen molar-refractivity contribution < 1.29 is 4.79 Å². The first-order valence-electron chi connectivity index (χ1n) is 3.63. The molecule has 1 N–H and O–H groups in total. The van der Waals surface area contributed by atoms with Crippen molar-refractivity contribution in [2.45, 2.75) is 13.8 Å². The summed E-state index contributed by atoms with van der Waals surface area (Å²) in [7, 11) is 0. The van der Waals surface area contributed by atoms with Crippen molar-refractivity contribution in [2.75, 3.05) is 5.32 Å². The lowest BCUT2D eigenvalue weighted by atomic mass is 10.2. The summed E-state index contributed by atoms with van der Waals surface area (Å²) in [4.78, 5) is 10.7. The van der Waals surface area contributed by atoms with Crippen LogP contribution in [0.4, 0.5) is 5.69 Å². The zero-order valence-electron chi connectivity index (χ0n) is 7.43. The number of anilines is 1. The highest BCUT2D eigenvalue weighted by atomic mass is 35.5. The van der Waals surface area contributed by atoms with Crippen LogP contribution in [0.3, 0.4) is 0 Å². The second-order valence-corrected chi connectivity index (χ2v) is 3.07. The summed E-state index contributed by atoms with van der Waals surface area (Å²) in [6, 6.07) is 5.50. The minimum absolute atomic E-state index is 0. The van der Waals surface area contributed by atoms with Crippen molar-refractivity contribution in [1.82, 2.24) is 0 Å². The molecule has 0 aliphatic carbocycles. The van der Waals surface area contributed by atoms with Crippen LogP contribution < -0.4 is 5.32 Å². The standard InChI is InChI=1S/C9H10ClNO.ClH/c1-6-3-4-9(8(10)5-6)11-7(2)12;/h3-5H,1-2H3,(H,11,12);1H. The zero-order chi connectivity index (χ0) is 9.14. The van der Waals surface area contributed by atoms with E-state index >= 15 is 0 Å². The molecule has 0 atom stereocenters. The van der Waals surface area contributed by atoms with Gasteiger partial charge in [0.15, 0.2) is 0 Å². The first-order chi connectivity index (χ1) is 5.59. The Kier molecular flexibility index (Phi) is 4.81. The van der Waals surface area contributed by atoms with Gasteiger partial charge in [-0.05, 0) is 24.6 Å². The third-order valence-corrected chi connectivity index (χ3v) is 1.75. The lowest BCUT2D eigenvalue weighted by Gasteiger charge is -2.04. The Morgan fingerprint density at radius 2 is 2.08 bits per heavy atom. The Balaban J connectivity index is 0.00000144. The van der Waals surface area contributed by atoms with Gasteiger partial charge in [0, 0.05) is 6.92 Å². The predicted molar refractivity (Wildman–Crippen MR) is 57.7 cm³/mol. The molecule has 72 valence electrons. The van der Waals surface area contributed by atoms with E-state index in [0.717, 1.165) is 5.56 Å². The van der Waals surface area contributed by atoms with Crippen LogP contribution in [0.2, 0.25) is 5.02 Å². The van der Waals surface area contributed by atoms with Crippen LogP contribution in [-0.2, 0) is 4.79 Å². The summed E-state index contributed by atoms with van der Waals surface area (Å²) in [5, 5.41) is 3.20. The van der Waals surface area contributed by atoms with Crippen molar-refractivity contribution in [2.24, 2.45) is 0 Å². The van der Waals surface area contributed by atoms with Gasteiger partial charge in [-0.15, -0.1) is 12.4 Å². The predicted octanol–water partition coefficient (Wildman–Crippen LogP) is 3.03. The van der Waals surface area contributed by atoms with E-state index < -0.39 is 0 Å². The van der Waals surface area contributed by atoms with Crippen molar-refractivity contribution in [3.63, 3.8) is 0 Å². The van der Waals surface area contributed by atoms with Crippen molar-refractivity contribution in [1.29, 1.82) is 0 Å². The van der Waals surface area contributed by atoms with Crippen molar-refractivity contribution in [3.05, 3.63) is 28.8 Å². The molecule has 1 rings (SSSR count). The average molecular weight is 220 g/mol. The van der Waals surface area contributed by atoms with Crippen LogP contribution in [0, 0.1) is 6.92 Å². The molecule has 0 aliphatic rings. The van der Waals surface area contributed by atoms with Gasteiger partial charge in [-0.3, -0.25) is 4.79 Å². The monoisotopic (exact) mass is 219 g/mol. The van der Waals surface area contributed by atoms with Crippen LogP contribution in [0.1, 0.15) is 12.5 Å². The average Bonchev–Trinajstić information content (AvgIpc) is 1.94. The molecule has 1 amide bonds. The topological polar surface area (TPSA) is 29.1 Å². The first-order valence-corrected chi connectivity index (χ1v) is 4.01. The summed E-state index contributed by atoms with van der Waals surface area (Å²) in [6.45, 7) is 3.40. The first kappa shape index (κ1) is 12.3. The van der Waals surface area contributed by atoms with Gasteiger partial charge in [0.25, 0.3) is 0 Å². The van der Waals surface area contributed by atoms with Crippen LogP contribution in [-0.4, -0.2) is 5.91 Å². The molecule has 0 aromatic heterocycles. The normalized spacial score (nSPS) is 8.85. The number of rotatable bonds is 1. The number of benzene rings is 1. The van der Waals surface area contributed by atoms with Gasteiger partial charge in [-0.25, -0.2) is 0 Å². The molecule has 2 nitrogen and oxygen atoms in total. The molecule has 13 heavy (non-hydrogen) atoms. The maximum absolute atomic E-state index is 10.7. The van der Waals surface area contributed by atoms with Crippen LogP contribution >= 0.6 is 24.0 Å². The van der Waals surface area contributed by atoms with Crippen LogP contribution in [0.15, 0.2) is 18.2 Å². The SMILES string of the molecule is CC(=O)Nc1ccc(C)cc1Cl.Cl. The lowest BCUT2D eigenvalue weighted by molar-refractivity contribution is -0.114. The van der Waals surface area contributed by atoms with E-state index in [9.17, 15) is 4.79 Å². The smallest absolute Gasteiger partial charge is 0.221 e. The third kappa shape index (κ3) is 3.66. The van der Waals surface area contributed by atoms with E-state index in [1.54, 1.807) is 6.07 Å². The van der Waals surface area contributed by atoms with Gasteiger partial charge in [-0.1, -0.05) is 17.7 Å². The quantitative estimate of drug-likeness (QED) is 0.774. The Morgan fingerprint density at radius 1 is 1.46 bits per heavy atom. The molecule has 0 saturated carbocycles. The van der Waals surface area contributed by atoms with Gasteiger partial charge in [0.1, 0.15) is 0 Å². The van der Waals surface area contributed by atoms with Crippen LogP contribution in [0.5, 0.6) is 0 Å². The molecule has 0 bridgehead atoms. The van der Waals surface area contributed by atoms with Crippen LogP contribution in [0.25, 0.3) is 0 Å². The largest absolute Gasteiger partial charge is 0.325 e. The van der Waals surface area contributed by atoms with E-state index in [1.165, 1.54) is 6.92 Å². The van der Waals surface area contributed by atoms with Crippen molar-refractivity contribution in [3.8, 4) is 0 Å². The van der Waals surface area contributed by atoms with Gasteiger partial charge < -0.3 is 5.32 Å². The molecule has 0 aliphatic heterocycles. The van der Waals surface area contributed by atoms with E-state index in [4.69, 9.17) is 11.6 Å². The molecule has 0 radical (unpaired) electrons. The fourth-order valence-corrected chi connectivity index (χ4v) is 1.19. The molecule has 0 saturated heterocycles. The maximum atomic E-state index is 10.7. The van der Waals surface area contributed by atoms with E-state index in [1.807, 2.05) is 19.1 Å². The molecule has 1 aromatic carbocycles. The molecule has 0 fully saturated rings. The fourth-order valence-electron chi connectivity index (χ4n) is 0.911. The number of carbonyl (C=O) groups is 1. The van der Waals surface area contributed by atoms with Gasteiger partial charge in [-0.2, -0.15) is 0 Å². The van der Waals surface area contributed by atoms with Gasteiger partial charge in [0.2, 0.25) is 5.91 Å². The van der Waals surface area contributed by atoms with E-state index in [-0.39, 0.29) is 18.3 Å². The summed E-state index contributed by atoms with van der Waals surface area (Å²) < 4.78 is 0. The maximum Gasteiger partial charge on any atom is 0.221 e. The summed E-state index contributed by atoms with van der Waals surface area (Å²) in [6.07, 6.45) is 0. The molecular weight excluding hydrogens is 209 g/mol. The summed E-state index contributed by atoms with van der Waals surface area (Å²) >= 11 is 5.86. The second-order valence-electron chi connectivity index (χ2n) is 2.66. The number of amides is 1. The molecule has 0 heterocycles. The second kappa shape index (κ2) is 5.10. The van der Waals surface area contributed by atoms with Crippen molar-refractivity contribution >= 4 is 35.6 Å². The fraction of sp³-hybridized carbons (Fsp3) is 0.222. The Bertz CT molecular complexity index is 312. The lowest BCUT2D eigenvalue weighted by Crippen LogP contribution is -2.05. The molecule has 0 unspecified atom stereocenters. The molecule has 0 spiro atoms. The minimum atomic E-state index is -0.110. The Morgan fingerprint density at radius 3 is 2.54 bits per heavy atom. The van der Waals surface area contributed by atoms with E-state index in [2.05, 4.69) is 5.32 Å². The van der Waals surface area contributed by atoms with Gasteiger partial charge in [0.05, 0.1) is 10.7 Å². The number of hydrogen-bond donors (Lipinski definition) is 1. The number of hydrogen-bond acceptors (Lipinski definition) is 1. The van der Waals surface area contributed by atoms with E-state index in [0.29, 0.717) is 10.7 Å². The summed E-state index contributed by atoms with van der Waals surface area (Å²) in [5.74, 6) is -0.110. The summed E-state index contributed by atoms with van der Waals surface area (Å²) in [5.41, 5.74) is 1.74. The highest BCUT2D eigenvalue weighted by Gasteiger charge is 2.00. The highest BCUT2D eigenvalue weighted by molar-refractivity contribution is 6.33. The molecule has 1 aromatic rings. The number of aryl methyl sites for hydroxylation is 1. The zero-order valence-corrected chi connectivity index (χ0v) is 9.00. The number of nitrogens with one attached hydrogen (secondary N) is 1. The highest BCUT2D eigenvalue weighted by Crippen LogP contribution is 2.22. The molecular formula is C9H11Cl2NO. The minimum Gasteiger partial charge on any atom is -0.325 e. The van der Waals surface area contributed by atoms with Gasteiger partial charge >= 0.3 is 0 Å². The Labute approximate surface area is 88.7 Å². The number of carbonyl (C=O) groups excluding carboxylic acids is 1. The number of halogens is 2. The third-order valence-electron chi connectivity index (χ3n) is 1.44. The molecule has 4 heteroatoms. The Hall–Kier alpha value is -0.730.